The van der Waals surface area contributed by atoms with E-state index in [2.05, 4.69) is 89.7 Å². The third kappa shape index (κ3) is 9.48. The third-order valence-corrected chi connectivity index (χ3v) is 15.3. The van der Waals surface area contributed by atoms with E-state index in [0.29, 0.717) is 0 Å². The van der Waals surface area contributed by atoms with E-state index in [9.17, 15) is 0 Å². The van der Waals surface area contributed by atoms with Crippen LogP contribution in [0.4, 0.5) is 0 Å². The van der Waals surface area contributed by atoms with Gasteiger partial charge in [-0.15, -0.1) is 0 Å². The molecule has 0 saturated heterocycles. The number of benzene rings is 1. The molecular formula is C18H38O2Si4. The van der Waals surface area contributed by atoms with Gasteiger partial charge in [-0.05, 0) is 88.7 Å². The molecule has 0 aliphatic rings. The average molecular weight is 399 g/mol. The zero-order valence-electron chi connectivity index (χ0n) is 17.5. The van der Waals surface area contributed by atoms with Crippen molar-refractivity contribution in [3.8, 4) is 0 Å². The summed E-state index contributed by atoms with van der Waals surface area (Å²) in [5.41, 5.74) is 2.83. The van der Waals surface area contributed by atoms with Crippen LogP contribution < -0.4 is 0 Å². The first-order valence-corrected chi connectivity index (χ1v) is 22.1. The van der Waals surface area contributed by atoms with Crippen molar-refractivity contribution in [3.05, 3.63) is 35.4 Å². The van der Waals surface area contributed by atoms with Crippen LogP contribution in [0.1, 0.15) is 11.1 Å². The van der Waals surface area contributed by atoms with Crippen LogP contribution in [0, 0.1) is 0 Å². The van der Waals surface area contributed by atoms with Gasteiger partial charge in [-0.1, -0.05) is 24.3 Å². The summed E-state index contributed by atoms with van der Waals surface area (Å²) in [6, 6.07) is 11.4. The highest BCUT2D eigenvalue weighted by Crippen LogP contribution is 2.22. The van der Waals surface area contributed by atoms with E-state index in [1.807, 2.05) is 0 Å². The molecule has 0 bridgehead atoms. The predicted molar refractivity (Wildman–Crippen MR) is 118 cm³/mol. The van der Waals surface area contributed by atoms with Crippen molar-refractivity contribution in [2.45, 2.75) is 77.6 Å². The van der Waals surface area contributed by atoms with Crippen molar-refractivity contribution in [1.29, 1.82) is 0 Å². The van der Waals surface area contributed by atoms with Gasteiger partial charge < -0.3 is 8.23 Å². The van der Waals surface area contributed by atoms with Crippen molar-refractivity contribution >= 4 is 33.3 Å². The molecule has 0 aliphatic heterocycles. The molecule has 0 saturated carbocycles. The van der Waals surface area contributed by atoms with Gasteiger partial charge in [0.1, 0.15) is 0 Å². The summed E-state index contributed by atoms with van der Waals surface area (Å²) in [4.78, 5) is 0. The Morgan fingerprint density at radius 3 is 1.00 bits per heavy atom. The smallest absolute Gasteiger partial charge is 0.177 e. The Hall–Kier alpha value is 0.00753. The van der Waals surface area contributed by atoms with Gasteiger partial charge in [0.2, 0.25) is 0 Å². The molecule has 0 aliphatic carbocycles. The molecule has 0 spiro atoms. The summed E-state index contributed by atoms with van der Waals surface area (Å²) in [5.74, 6) is 0. The highest BCUT2D eigenvalue weighted by Gasteiger charge is 2.31. The lowest BCUT2D eigenvalue weighted by Gasteiger charge is -2.32. The monoisotopic (exact) mass is 398 g/mol. The van der Waals surface area contributed by atoms with E-state index in [4.69, 9.17) is 8.23 Å². The Kier molecular flexibility index (Phi) is 7.09. The van der Waals surface area contributed by atoms with E-state index < -0.39 is 33.3 Å². The molecule has 0 aromatic heterocycles. The van der Waals surface area contributed by atoms with Crippen molar-refractivity contribution in [2.24, 2.45) is 0 Å². The fourth-order valence-electron chi connectivity index (χ4n) is 3.49. The first kappa shape index (κ1) is 22.0. The molecule has 2 nitrogen and oxygen atoms in total. The van der Waals surface area contributed by atoms with Crippen molar-refractivity contribution in [2.75, 3.05) is 0 Å². The maximum Gasteiger partial charge on any atom is 0.177 e. The number of hydrogen-bond acceptors (Lipinski definition) is 2. The Labute approximate surface area is 154 Å². The van der Waals surface area contributed by atoms with Crippen LogP contribution in [0.3, 0.4) is 0 Å². The molecule has 0 N–H and O–H groups in total. The fourth-order valence-corrected chi connectivity index (χ4v) is 19.8. The van der Waals surface area contributed by atoms with Gasteiger partial charge in [0, 0.05) is 0 Å². The molecule has 0 heterocycles. The topological polar surface area (TPSA) is 18.5 Å². The van der Waals surface area contributed by atoms with Gasteiger partial charge in [-0.25, -0.2) is 0 Å². The third-order valence-electron chi connectivity index (χ3n) is 3.45. The van der Waals surface area contributed by atoms with Crippen molar-refractivity contribution in [3.63, 3.8) is 0 Å². The van der Waals surface area contributed by atoms with Crippen molar-refractivity contribution < 1.29 is 8.23 Å². The summed E-state index contributed by atoms with van der Waals surface area (Å²) in [6.45, 7) is 23.1. The van der Waals surface area contributed by atoms with Gasteiger partial charge in [-0.2, -0.15) is 0 Å². The molecule has 24 heavy (non-hydrogen) atoms. The van der Waals surface area contributed by atoms with E-state index in [1.54, 1.807) is 0 Å². The van der Waals surface area contributed by atoms with Crippen LogP contribution in [-0.2, 0) is 20.3 Å². The molecule has 0 amide bonds. The van der Waals surface area contributed by atoms with Crippen LogP contribution >= 0.6 is 0 Å². The predicted octanol–water partition coefficient (Wildman–Crippen LogP) is 5.96. The zero-order chi connectivity index (χ0) is 18.8. The molecule has 0 fully saturated rings. The number of rotatable bonds is 8. The molecule has 0 radical (unpaired) electrons. The Morgan fingerprint density at radius 2 is 0.792 bits per heavy atom. The molecule has 1 aromatic carbocycles. The lowest BCUT2D eigenvalue weighted by Crippen LogP contribution is -2.44. The fraction of sp³-hybridized carbons (Fsp3) is 0.667. The lowest BCUT2D eigenvalue weighted by atomic mass is 10.2. The molecule has 138 valence electrons. The Bertz CT molecular complexity index is 476. The highest BCUT2D eigenvalue weighted by molar-refractivity contribution is 6.84. The second kappa shape index (κ2) is 7.71. The van der Waals surface area contributed by atoms with E-state index in [0.717, 1.165) is 12.1 Å². The van der Waals surface area contributed by atoms with Crippen LogP contribution in [0.25, 0.3) is 0 Å². The minimum Gasteiger partial charge on any atom is -0.455 e. The highest BCUT2D eigenvalue weighted by atomic mass is 28.4. The molecule has 6 heteroatoms. The van der Waals surface area contributed by atoms with Crippen LogP contribution in [0.15, 0.2) is 24.3 Å². The second-order valence-corrected chi connectivity index (χ2v) is 27.9. The normalized spacial score (nSPS) is 14.1. The first-order valence-electron chi connectivity index (χ1n) is 9.05. The largest absolute Gasteiger partial charge is 0.455 e. The van der Waals surface area contributed by atoms with Crippen LogP contribution in [0.5, 0.6) is 0 Å². The van der Waals surface area contributed by atoms with Crippen molar-refractivity contribution in [1.82, 2.24) is 0 Å². The first-order chi connectivity index (χ1) is 10.6. The quantitative estimate of drug-likeness (QED) is 0.503. The minimum absolute atomic E-state index is 1.10. The molecule has 0 unspecified atom stereocenters. The van der Waals surface area contributed by atoms with Crippen LogP contribution in [0.2, 0.25) is 65.5 Å². The molecule has 1 aromatic rings. The van der Waals surface area contributed by atoms with Gasteiger partial charge >= 0.3 is 0 Å². The summed E-state index contributed by atoms with van der Waals surface area (Å²) in [7, 11) is -6.16. The zero-order valence-corrected chi connectivity index (χ0v) is 21.5. The Morgan fingerprint density at radius 1 is 0.542 bits per heavy atom. The summed E-state index contributed by atoms with van der Waals surface area (Å²) >= 11 is 0. The lowest BCUT2D eigenvalue weighted by molar-refractivity contribution is 0.546. The SMILES string of the molecule is C[Si](C)(C)O[Si](C)(C)Cc1ccc(C[Si](C)(C)O[Si](C)(C)C)cc1. The molecular weight excluding hydrogens is 361 g/mol. The maximum absolute atomic E-state index is 6.46. The van der Waals surface area contributed by atoms with E-state index in [-0.39, 0.29) is 0 Å². The van der Waals surface area contributed by atoms with E-state index >= 15 is 0 Å². The Balaban J connectivity index is 2.73. The molecule has 1 rings (SSSR count). The van der Waals surface area contributed by atoms with E-state index in [1.165, 1.54) is 11.1 Å². The van der Waals surface area contributed by atoms with Gasteiger partial charge in [0.25, 0.3) is 0 Å². The van der Waals surface area contributed by atoms with Gasteiger partial charge in [-0.3, -0.25) is 0 Å². The summed E-state index contributed by atoms with van der Waals surface area (Å²) < 4.78 is 12.9. The van der Waals surface area contributed by atoms with Crippen LogP contribution in [-0.4, -0.2) is 33.3 Å². The number of hydrogen-bond donors (Lipinski definition) is 0. The molecule has 0 atom stereocenters. The van der Waals surface area contributed by atoms with Gasteiger partial charge in [0.15, 0.2) is 33.3 Å². The standard InChI is InChI=1S/C18H38O2Si4/c1-21(2,3)19-23(7,8)15-17-11-13-18(14-12-17)16-24(9,10)20-22(4,5)6/h11-14H,15-16H2,1-10H3. The maximum atomic E-state index is 6.46. The average Bonchev–Trinajstić information content (AvgIpc) is 2.24. The summed E-state index contributed by atoms with van der Waals surface area (Å²) in [5, 5.41) is 0. The second-order valence-electron chi connectivity index (χ2n) is 10.1. The summed E-state index contributed by atoms with van der Waals surface area (Å²) in [6.07, 6.45) is 0. The minimum atomic E-state index is -1.62. The van der Waals surface area contributed by atoms with Gasteiger partial charge in [0.05, 0.1) is 0 Å².